The van der Waals surface area contributed by atoms with Gasteiger partial charge in [-0.25, -0.2) is 0 Å². The fraction of sp³-hybridized carbons (Fsp3) is 0.500. The second-order valence-corrected chi connectivity index (χ2v) is 5.28. The van der Waals surface area contributed by atoms with E-state index in [0.29, 0.717) is 6.54 Å². The van der Waals surface area contributed by atoms with Gasteiger partial charge in [0.05, 0.1) is 26.9 Å². The first-order valence-electron chi connectivity index (χ1n) is 5.57. The molecule has 0 spiro atoms. The van der Waals surface area contributed by atoms with E-state index in [1.807, 2.05) is 18.4 Å². The summed E-state index contributed by atoms with van der Waals surface area (Å²) in [5.74, 6) is -0.859. The first-order chi connectivity index (χ1) is 8.60. The fourth-order valence-electron chi connectivity index (χ4n) is 1.76. The average Bonchev–Trinajstić information content (AvgIpc) is 2.70. The van der Waals surface area contributed by atoms with Crippen molar-refractivity contribution >= 4 is 23.2 Å². The summed E-state index contributed by atoms with van der Waals surface area (Å²) in [4.78, 5) is 24.8. The van der Waals surface area contributed by atoms with Gasteiger partial charge in [0.15, 0.2) is 5.41 Å². The van der Waals surface area contributed by atoms with Crippen molar-refractivity contribution in [2.24, 2.45) is 5.41 Å². The van der Waals surface area contributed by atoms with Crippen LogP contribution in [0.25, 0.3) is 0 Å². The minimum absolute atomic E-state index is 0.0922. The molecule has 1 saturated heterocycles. The lowest BCUT2D eigenvalue weighted by molar-refractivity contribution is -0.188. The molecule has 0 unspecified atom stereocenters. The highest BCUT2D eigenvalue weighted by Crippen LogP contribution is 2.29. The Kier molecular flexibility index (Phi) is 3.68. The van der Waals surface area contributed by atoms with Gasteiger partial charge in [-0.3, -0.25) is 9.59 Å². The smallest absolute Gasteiger partial charge is 0.326 e. The van der Waals surface area contributed by atoms with E-state index >= 15 is 0 Å². The number of hydrogen-bond donors (Lipinski definition) is 1. The maximum Gasteiger partial charge on any atom is 0.326 e. The van der Waals surface area contributed by atoms with E-state index in [4.69, 9.17) is 4.74 Å². The van der Waals surface area contributed by atoms with Crippen LogP contribution >= 0.6 is 11.3 Å². The van der Waals surface area contributed by atoms with Crippen molar-refractivity contribution in [2.75, 3.05) is 20.3 Å². The van der Waals surface area contributed by atoms with Gasteiger partial charge in [0.1, 0.15) is 0 Å². The molecule has 1 fully saturated rings. The fourth-order valence-corrected chi connectivity index (χ4v) is 2.60. The molecular weight excluding hydrogens is 254 g/mol. The molecule has 0 atom stereocenters. The molecule has 1 N–H and O–H groups in total. The lowest BCUT2D eigenvalue weighted by Gasteiger charge is -2.36. The lowest BCUT2D eigenvalue weighted by atomic mass is 9.85. The van der Waals surface area contributed by atoms with Gasteiger partial charge in [0.25, 0.3) is 0 Å². The molecule has 1 aromatic rings. The van der Waals surface area contributed by atoms with Gasteiger partial charge in [-0.05, 0) is 23.9 Å². The van der Waals surface area contributed by atoms with Gasteiger partial charge in [-0.2, -0.15) is 0 Å². The predicted octanol–water partition coefficient (Wildman–Crippen LogP) is 0.862. The molecule has 0 saturated carbocycles. The number of carbonyl (C=O) groups excluding carboxylic acids is 2. The molecule has 1 aliphatic heterocycles. The number of amides is 1. The van der Waals surface area contributed by atoms with Crippen molar-refractivity contribution in [2.45, 2.75) is 13.5 Å². The minimum Gasteiger partial charge on any atom is -0.468 e. The highest BCUT2D eigenvalue weighted by molar-refractivity contribution is 7.10. The number of nitrogens with one attached hydrogen (secondary N) is 1. The van der Waals surface area contributed by atoms with Crippen LogP contribution in [0.5, 0.6) is 0 Å². The molecule has 0 aromatic carbocycles. The molecule has 5 nitrogen and oxygen atoms in total. The van der Waals surface area contributed by atoms with Gasteiger partial charge >= 0.3 is 5.97 Å². The zero-order valence-corrected chi connectivity index (χ0v) is 11.1. The van der Waals surface area contributed by atoms with Crippen LogP contribution in [-0.2, 0) is 25.6 Å². The summed E-state index contributed by atoms with van der Waals surface area (Å²) < 4.78 is 9.65. The third-order valence-electron chi connectivity index (χ3n) is 3.09. The van der Waals surface area contributed by atoms with Crippen LogP contribution in [0.2, 0.25) is 0 Å². The highest BCUT2D eigenvalue weighted by atomic mass is 32.1. The van der Waals surface area contributed by atoms with Gasteiger partial charge in [-0.15, -0.1) is 11.3 Å². The van der Waals surface area contributed by atoms with E-state index in [2.05, 4.69) is 10.1 Å². The number of esters is 1. The standard InChI is InChI=1S/C12H15NO4S/c1-8-3-4-18-9(8)5-13-10(14)12(6-17-7-12)11(15)16-2/h3-4H,5-7H2,1-2H3,(H,13,14). The monoisotopic (exact) mass is 269 g/mol. The average molecular weight is 269 g/mol. The molecule has 1 aromatic heterocycles. The van der Waals surface area contributed by atoms with Crippen molar-refractivity contribution in [3.05, 3.63) is 21.9 Å². The lowest BCUT2D eigenvalue weighted by Crippen LogP contribution is -2.59. The van der Waals surface area contributed by atoms with Crippen LogP contribution in [0.3, 0.4) is 0 Å². The number of ether oxygens (including phenoxy) is 2. The molecule has 18 heavy (non-hydrogen) atoms. The molecule has 0 aliphatic carbocycles. The molecule has 2 heterocycles. The third kappa shape index (κ3) is 2.13. The quantitative estimate of drug-likeness (QED) is 0.650. The number of rotatable bonds is 4. The Morgan fingerprint density at radius 3 is 2.72 bits per heavy atom. The van der Waals surface area contributed by atoms with Crippen LogP contribution in [0.1, 0.15) is 10.4 Å². The van der Waals surface area contributed by atoms with Gasteiger partial charge in [0.2, 0.25) is 5.91 Å². The first kappa shape index (κ1) is 13.0. The number of aryl methyl sites for hydroxylation is 1. The summed E-state index contributed by atoms with van der Waals surface area (Å²) in [7, 11) is 1.28. The topological polar surface area (TPSA) is 64.6 Å². The van der Waals surface area contributed by atoms with Crippen molar-refractivity contribution in [1.82, 2.24) is 5.32 Å². The second kappa shape index (κ2) is 5.07. The predicted molar refractivity (Wildman–Crippen MR) is 66.2 cm³/mol. The second-order valence-electron chi connectivity index (χ2n) is 4.28. The van der Waals surface area contributed by atoms with E-state index in [0.717, 1.165) is 10.4 Å². The number of methoxy groups -OCH3 is 1. The van der Waals surface area contributed by atoms with Crippen molar-refractivity contribution < 1.29 is 19.1 Å². The minimum atomic E-state index is -1.15. The van der Waals surface area contributed by atoms with Crippen LogP contribution in [0.15, 0.2) is 11.4 Å². The molecule has 0 radical (unpaired) electrons. The number of carbonyl (C=O) groups is 2. The summed E-state index contributed by atoms with van der Waals surface area (Å²) in [5.41, 5.74) is -0.0165. The van der Waals surface area contributed by atoms with Crippen molar-refractivity contribution in [3.63, 3.8) is 0 Å². The molecule has 1 amide bonds. The van der Waals surface area contributed by atoms with E-state index in [9.17, 15) is 9.59 Å². The Morgan fingerprint density at radius 2 is 2.28 bits per heavy atom. The van der Waals surface area contributed by atoms with Gasteiger partial charge in [0, 0.05) is 4.88 Å². The van der Waals surface area contributed by atoms with E-state index in [-0.39, 0.29) is 19.1 Å². The van der Waals surface area contributed by atoms with E-state index in [1.54, 1.807) is 11.3 Å². The van der Waals surface area contributed by atoms with Crippen LogP contribution in [0, 0.1) is 12.3 Å². The summed E-state index contributed by atoms with van der Waals surface area (Å²) in [6, 6.07) is 1.99. The third-order valence-corrected chi connectivity index (χ3v) is 4.11. The van der Waals surface area contributed by atoms with Gasteiger partial charge < -0.3 is 14.8 Å². The molecule has 6 heteroatoms. The maximum atomic E-state index is 12.1. The SMILES string of the molecule is COC(=O)C1(C(=O)NCc2sccc2C)COC1. The molecular formula is C12H15NO4S. The van der Waals surface area contributed by atoms with Gasteiger partial charge in [-0.1, -0.05) is 0 Å². The normalized spacial score (nSPS) is 16.8. The molecule has 2 rings (SSSR count). The summed E-state index contributed by atoms with van der Waals surface area (Å²) in [6.07, 6.45) is 0. The molecule has 98 valence electrons. The maximum absolute atomic E-state index is 12.1. The molecule has 1 aliphatic rings. The summed E-state index contributed by atoms with van der Waals surface area (Å²) >= 11 is 1.58. The Balaban J connectivity index is 1.99. The largest absolute Gasteiger partial charge is 0.468 e. The summed E-state index contributed by atoms with van der Waals surface area (Å²) in [6.45, 7) is 2.60. The van der Waals surface area contributed by atoms with Crippen molar-refractivity contribution in [3.8, 4) is 0 Å². The van der Waals surface area contributed by atoms with E-state index < -0.39 is 11.4 Å². The first-order valence-corrected chi connectivity index (χ1v) is 6.45. The zero-order chi connectivity index (χ0) is 13.2. The Morgan fingerprint density at radius 1 is 1.56 bits per heavy atom. The van der Waals surface area contributed by atoms with E-state index in [1.165, 1.54) is 7.11 Å². The Hall–Kier alpha value is -1.40. The Bertz CT molecular complexity index is 464. The highest BCUT2D eigenvalue weighted by Gasteiger charge is 2.53. The zero-order valence-electron chi connectivity index (χ0n) is 10.3. The van der Waals surface area contributed by atoms with Crippen LogP contribution in [-0.4, -0.2) is 32.2 Å². The van der Waals surface area contributed by atoms with Crippen LogP contribution < -0.4 is 5.32 Å². The Labute approximate surface area is 109 Å². The number of thiophene rings is 1. The van der Waals surface area contributed by atoms with Crippen LogP contribution in [0.4, 0.5) is 0 Å². The number of hydrogen-bond acceptors (Lipinski definition) is 5. The summed E-state index contributed by atoms with van der Waals surface area (Å²) in [5, 5.41) is 4.75. The molecule has 0 bridgehead atoms. The van der Waals surface area contributed by atoms with Crippen molar-refractivity contribution in [1.29, 1.82) is 0 Å².